The lowest BCUT2D eigenvalue weighted by atomic mass is 9.81. The van der Waals surface area contributed by atoms with Crippen LogP contribution in [0.15, 0.2) is 21.4 Å². The molecule has 1 aromatic rings. The fourth-order valence-corrected chi connectivity index (χ4v) is 2.37. The summed E-state index contributed by atoms with van der Waals surface area (Å²) in [5, 5.41) is 6.30. The van der Waals surface area contributed by atoms with Crippen LogP contribution in [0.3, 0.4) is 0 Å². The van der Waals surface area contributed by atoms with E-state index in [0.29, 0.717) is 10.2 Å². The Labute approximate surface area is 121 Å². The molecule has 6 heteroatoms. The Kier molecular flexibility index (Phi) is 5.69. The van der Waals surface area contributed by atoms with Gasteiger partial charge in [-0.3, -0.25) is 4.79 Å². The van der Waals surface area contributed by atoms with Gasteiger partial charge in [0, 0.05) is 12.6 Å². The lowest BCUT2D eigenvalue weighted by Crippen LogP contribution is -2.42. The van der Waals surface area contributed by atoms with Crippen LogP contribution in [0, 0.1) is 5.41 Å². The standard InChI is InChI=1S/C12H17BrN2O2.ClH/c1-12(2-4-14-5-3-12)8-15-11(16)9-6-10(13)17-7-9;/h6-7,14H,2-5,8H2,1H3,(H,15,16);1H. The van der Waals surface area contributed by atoms with Crippen LogP contribution in [-0.2, 0) is 0 Å². The van der Waals surface area contributed by atoms with E-state index >= 15 is 0 Å². The summed E-state index contributed by atoms with van der Waals surface area (Å²) in [4.78, 5) is 11.8. The van der Waals surface area contributed by atoms with Crippen molar-refractivity contribution in [3.63, 3.8) is 0 Å². The lowest BCUT2D eigenvalue weighted by molar-refractivity contribution is 0.0921. The second-order valence-electron chi connectivity index (χ2n) is 4.88. The molecule has 1 amide bonds. The van der Waals surface area contributed by atoms with Crippen LogP contribution in [-0.4, -0.2) is 25.5 Å². The van der Waals surface area contributed by atoms with E-state index in [1.807, 2.05) is 0 Å². The average Bonchev–Trinajstić information content (AvgIpc) is 2.74. The molecule has 18 heavy (non-hydrogen) atoms. The molecule has 0 aliphatic carbocycles. The molecule has 2 rings (SSSR count). The van der Waals surface area contributed by atoms with Gasteiger partial charge >= 0.3 is 0 Å². The molecule has 1 saturated heterocycles. The fourth-order valence-electron chi connectivity index (χ4n) is 2.03. The van der Waals surface area contributed by atoms with Crippen molar-refractivity contribution < 1.29 is 9.21 Å². The van der Waals surface area contributed by atoms with E-state index in [9.17, 15) is 4.79 Å². The predicted octanol–water partition coefficient (Wildman–Crippen LogP) is 2.58. The van der Waals surface area contributed by atoms with Crippen LogP contribution >= 0.6 is 28.3 Å². The maximum atomic E-state index is 11.8. The fraction of sp³-hybridized carbons (Fsp3) is 0.583. The summed E-state index contributed by atoms with van der Waals surface area (Å²) in [6, 6.07) is 1.68. The number of halogens is 2. The number of hydrogen-bond donors (Lipinski definition) is 2. The van der Waals surface area contributed by atoms with Gasteiger partial charge in [0.2, 0.25) is 0 Å². The van der Waals surface area contributed by atoms with Crippen LogP contribution in [0.1, 0.15) is 30.1 Å². The van der Waals surface area contributed by atoms with E-state index in [4.69, 9.17) is 4.42 Å². The predicted molar refractivity (Wildman–Crippen MR) is 76.2 cm³/mol. The van der Waals surface area contributed by atoms with Gasteiger partial charge in [-0.25, -0.2) is 0 Å². The van der Waals surface area contributed by atoms with Gasteiger partial charge < -0.3 is 15.1 Å². The highest BCUT2D eigenvalue weighted by molar-refractivity contribution is 9.10. The SMILES string of the molecule is CC1(CNC(=O)c2coc(Br)c2)CCNCC1.Cl. The quantitative estimate of drug-likeness (QED) is 0.891. The van der Waals surface area contributed by atoms with Gasteiger partial charge in [-0.1, -0.05) is 6.92 Å². The molecule has 1 aromatic heterocycles. The smallest absolute Gasteiger partial charge is 0.254 e. The summed E-state index contributed by atoms with van der Waals surface area (Å²) < 4.78 is 5.63. The van der Waals surface area contributed by atoms with Crippen LogP contribution in [0.25, 0.3) is 0 Å². The number of carbonyl (C=O) groups excluding carboxylic acids is 1. The first-order valence-electron chi connectivity index (χ1n) is 5.82. The second kappa shape index (κ2) is 6.59. The summed E-state index contributed by atoms with van der Waals surface area (Å²) >= 11 is 3.18. The molecular formula is C12H18BrClN2O2. The molecule has 0 bridgehead atoms. The number of amides is 1. The zero-order chi connectivity index (χ0) is 12.3. The van der Waals surface area contributed by atoms with Gasteiger partial charge in [0.05, 0.1) is 5.56 Å². The topological polar surface area (TPSA) is 54.3 Å². The number of hydrogen-bond acceptors (Lipinski definition) is 3. The normalized spacial score (nSPS) is 17.9. The van der Waals surface area contributed by atoms with E-state index in [1.54, 1.807) is 6.07 Å². The molecule has 1 fully saturated rings. The van der Waals surface area contributed by atoms with Crippen LogP contribution in [0.4, 0.5) is 0 Å². The van der Waals surface area contributed by atoms with Crippen LogP contribution < -0.4 is 10.6 Å². The van der Waals surface area contributed by atoms with Crippen molar-refractivity contribution in [1.82, 2.24) is 10.6 Å². The Bertz CT molecular complexity index is 403. The van der Waals surface area contributed by atoms with Gasteiger partial charge in [-0.05, 0) is 47.3 Å². The van der Waals surface area contributed by atoms with Crippen LogP contribution in [0.5, 0.6) is 0 Å². The highest BCUT2D eigenvalue weighted by Gasteiger charge is 2.27. The van der Waals surface area contributed by atoms with E-state index in [1.165, 1.54) is 6.26 Å². The Morgan fingerprint density at radius 2 is 2.22 bits per heavy atom. The molecule has 1 aliphatic rings. The molecule has 102 valence electrons. The number of rotatable bonds is 3. The maximum absolute atomic E-state index is 11.8. The summed E-state index contributed by atoms with van der Waals surface area (Å²) in [7, 11) is 0. The van der Waals surface area contributed by atoms with Crippen molar-refractivity contribution in [2.45, 2.75) is 19.8 Å². The number of furan rings is 1. The lowest BCUT2D eigenvalue weighted by Gasteiger charge is -2.34. The van der Waals surface area contributed by atoms with Gasteiger partial charge in [0.1, 0.15) is 6.26 Å². The first-order chi connectivity index (χ1) is 8.09. The van der Waals surface area contributed by atoms with E-state index in [0.717, 1.165) is 32.5 Å². The van der Waals surface area contributed by atoms with Crippen molar-refractivity contribution >= 4 is 34.2 Å². The first kappa shape index (κ1) is 15.5. The molecule has 0 atom stereocenters. The third kappa shape index (κ3) is 4.00. The third-order valence-corrected chi connectivity index (χ3v) is 3.73. The van der Waals surface area contributed by atoms with Gasteiger partial charge in [-0.2, -0.15) is 0 Å². The van der Waals surface area contributed by atoms with Crippen molar-refractivity contribution in [1.29, 1.82) is 0 Å². The average molecular weight is 338 g/mol. The largest absolute Gasteiger partial charge is 0.457 e. The zero-order valence-corrected chi connectivity index (χ0v) is 12.7. The van der Waals surface area contributed by atoms with Crippen molar-refractivity contribution in [3.8, 4) is 0 Å². The summed E-state index contributed by atoms with van der Waals surface area (Å²) in [6.07, 6.45) is 3.66. The van der Waals surface area contributed by atoms with Gasteiger partial charge in [0.15, 0.2) is 4.67 Å². The first-order valence-corrected chi connectivity index (χ1v) is 6.61. The van der Waals surface area contributed by atoms with Gasteiger partial charge in [-0.15, -0.1) is 12.4 Å². The second-order valence-corrected chi connectivity index (χ2v) is 5.66. The molecular weight excluding hydrogens is 320 g/mol. The summed E-state index contributed by atoms with van der Waals surface area (Å²) in [6.45, 7) is 5.00. The molecule has 0 unspecified atom stereocenters. The van der Waals surface area contributed by atoms with E-state index < -0.39 is 0 Å². The van der Waals surface area contributed by atoms with Crippen molar-refractivity contribution in [3.05, 3.63) is 22.6 Å². The Hall–Kier alpha value is -0.520. The summed E-state index contributed by atoms with van der Waals surface area (Å²) in [5.41, 5.74) is 0.774. The molecule has 2 heterocycles. The molecule has 4 nitrogen and oxygen atoms in total. The minimum Gasteiger partial charge on any atom is -0.457 e. The molecule has 1 aliphatic heterocycles. The van der Waals surface area contributed by atoms with E-state index in [2.05, 4.69) is 33.5 Å². The molecule has 0 saturated carbocycles. The monoisotopic (exact) mass is 336 g/mol. The van der Waals surface area contributed by atoms with E-state index in [-0.39, 0.29) is 23.7 Å². The molecule has 0 aromatic carbocycles. The number of piperidine rings is 1. The minimum absolute atomic E-state index is 0. The zero-order valence-electron chi connectivity index (χ0n) is 10.3. The molecule has 0 radical (unpaired) electrons. The molecule has 2 N–H and O–H groups in total. The molecule has 0 spiro atoms. The summed E-state index contributed by atoms with van der Waals surface area (Å²) in [5.74, 6) is -0.0702. The van der Waals surface area contributed by atoms with Crippen LogP contribution in [0.2, 0.25) is 0 Å². The highest BCUT2D eigenvalue weighted by Crippen LogP contribution is 2.26. The highest BCUT2D eigenvalue weighted by atomic mass is 79.9. The minimum atomic E-state index is -0.0702. The maximum Gasteiger partial charge on any atom is 0.254 e. The third-order valence-electron chi connectivity index (χ3n) is 3.32. The number of nitrogens with one attached hydrogen (secondary N) is 2. The Balaban J connectivity index is 0.00000162. The van der Waals surface area contributed by atoms with Crippen molar-refractivity contribution in [2.75, 3.05) is 19.6 Å². The number of carbonyl (C=O) groups is 1. The van der Waals surface area contributed by atoms with Crippen molar-refractivity contribution in [2.24, 2.45) is 5.41 Å². The Morgan fingerprint density at radius 3 is 2.78 bits per heavy atom. The van der Waals surface area contributed by atoms with Gasteiger partial charge in [0.25, 0.3) is 5.91 Å². The Morgan fingerprint density at radius 1 is 1.56 bits per heavy atom.